The molecule has 0 bridgehead atoms. The van der Waals surface area contributed by atoms with E-state index in [9.17, 15) is 0 Å². The number of rotatable bonds is 1. The SMILES string of the molecule is C[C@@H](N)C1COc2cc(Br)ccc2C1. The Morgan fingerprint density at radius 3 is 3.07 bits per heavy atom. The van der Waals surface area contributed by atoms with E-state index in [1.54, 1.807) is 0 Å². The Morgan fingerprint density at radius 2 is 2.36 bits per heavy atom. The topological polar surface area (TPSA) is 35.2 Å². The lowest BCUT2D eigenvalue weighted by Gasteiger charge is -2.27. The number of benzene rings is 1. The molecule has 2 rings (SSSR count). The van der Waals surface area contributed by atoms with Gasteiger partial charge in [0, 0.05) is 16.4 Å². The largest absolute Gasteiger partial charge is 0.493 e. The van der Waals surface area contributed by atoms with Crippen molar-refractivity contribution in [2.24, 2.45) is 11.7 Å². The van der Waals surface area contributed by atoms with Crippen molar-refractivity contribution in [3.05, 3.63) is 28.2 Å². The van der Waals surface area contributed by atoms with Crippen LogP contribution in [0.4, 0.5) is 0 Å². The smallest absolute Gasteiger partial charge is 0.123 e. The van der Waals surface area contributed by atoms with E-state index in [0.717, 1.165) is 23.2 Å². The Kier molecular flexibility index (Phi) is 2.79. The maximum Gasteiger partial charge on any atom is 0.123 e. The highest BCUT2D eigenvalue weighted by Crippen LogP contribution is 2.30. The predicted molar refractivity (Wildman–Crippen MR) is 60.5 cm³/mol. The van der Waals surface area contributed by atoms with Crippen molar-refractivity contribution in [3.8, 4) is 5.75 Å². The zero-order valence-electron chi connectivity index (χ0n) is 8.16. The molecule has 3 heteroatoms. The van der Waals surface area contributed by atoms with Gasteiger partial charge in [-0.05, 0) is 31.0 Å². The fraction of sp³-hybridized carbons (Fsp3) is 0.455. The molecule has 1 aliphatic heterocycles. The Hall–Kier alpha value is -0.540. The fourth-order valence-electron chi connectivity index (χ4n) is 1.71. The summed E-state index contributed by atoms with van der Waals surface area (Å²) in [5.74, 6) is 1.44. The van der Waals surface area contributed by atoms with Crippen molar-refractivity contribution in [3.63, 3.8) is 0 Å². The first kappa shape index (κ1) is 9.99. The highest BCUT2D eigenvalue weighted by molar-refractivity contribution is 9.10. The quantitative estimate of drug-likeness (QED) is 0.837. The third-order valence-corrected chi connectivity index (χ3v) is 3.20. The Balaban J connectivity index is 2.23. The van der Waals surface area contributed by atoms with Crippen LogP contribution in [0.1, 0.15) is 12.5 Å². The van der Waals surface area contributed by atoms with Gasteiger partial charge in [-0.1, -0.05) is 22.0 Å². The van der Waals surface area contributed by atoms with Crippen LogP contribution in [0.25, 0.3) is 0 Å². The summed E-state index contributed by atoms with van der Waals surface area (Å²) < 4.78 is 6.73. The molecule has 76 valence electrons. The molecule has 14 heavy (non-hydrogen) atoms. The number of nitrogens with two attached hydrogens (primary N) is 1. The van der Waals surface area contributed by atoms with Crippen LogP contribution in [0.2, 0.25) is 0 Å². The van der Waals surface area contributed by atoms with Gasteiger partial charge in [0.1, 0.15) is 5.75 Å². The third-order valence-electron chi connectivity index (χ3n) is 2.71. The van der Waals surface area contributed by atoms with Crippen molar-refractivity contribution in [2.75, 3.05) is 6.61 Å². The lowest BCUT2D eigenvalue weighted by Crippen LogP contribution is -2.35. The average molecular weight is 256 g/mol. The van der Waals surface area contributed by atoms with Crippen LogP contribution in [-0.2, 0) is 6.42 Å². The third kappa shape index (κ3) is 1.93. The van der Waals surface area contributed by atoms with Crippen molar-refractivity contribution in [1.29, 1.82) is 0 Å². The number of hydrogen-bond donors (Lipinski definition) is 1. The van der Waals surface area contributed by atoms with Crippen LogP contribution in [0.15, 0.2) is 22.7 Å². The molecule has 1 aromatic carbocycles. The fourth-order valence-corrected chi connectivity index (χ4v) is 2.05. The van der Waals surface area contributed by atoms with Crippen LogP contribution in [0, 0.1) is 5.92 Å². The summed E-state index contributed by atoms with van der Waals surface area (Å²) in [6, 6.07) is 6.37. The molecule has 1 aliphatic rings. The first-order valence-corrected chi connectivity index (χ1v) is 5.63. The summed E-state index contributed by atoms with van der Waals surface area (Å²) in [6.45, 7) is 2.78. The lowest BCUT2D eigenvalue weighted by molar-refractivity contribution is 0.204. The van der Waals surface area contributed by atoms with Crippen LogP contribution in [-0.4, -0.2) is 12.6 Å². The minimum atomic E-state index is 0.201. The summed E-state index contributed by atoms with van der Waals surface area (Å²) in [5.41, 5.74) is 7.13. The van der Waals surface area contributed by atoms with Crippen molar-refractivity contribution in [1.82, 2.24) is 0 Å². The van der Waals surface area contributed by atoms with E-state index in [-0.39, 0.29) is 6.04 Å². The molecular weight excluding hydrogens is 242 g/mol. The van der Waals surface area contributed by atoms with Crippen molar-refractivity contribution in [2.45, 2.75) is 19.4 Å². The molecule has 0 amide bonds. The summed E-state index contributed by atoms with van der Waals surface area (Å²) in [4.78, 5) is 0. The predicted octanol–water partition coefficient (Wildman–Crippen LogP) is 2.35. The molecule has 2 N–H and O–H groups in total. The van der Waals surface area contributed by atoms with E-state index < -0.39 is 0 Å². The second-order valence-electron chi connectivity index (χ2n) is 3.89. The van der Waals surface area contributed by atoms with Gasteiger partial charge >= 0.3 is 0 Å². The van der Waals surface area contributed by atoms with Gasteiger partial charge in [-0.3, -0.25) is 0 Å². The Bertz CT molecular complexity index is 338. The highest BCUT2D eigenvalue weighted by Gasteiger charge is 2.22. The van der Waals surface area contributed by atoms with E-state index >= 15 is 0 Å². The van der Waals surface area contributed by atoms with E-state index in [0.29, 0.717) is 5.92 Å². The maximum atomic E-state index is 5.86. The average Bonchev–Trinajstić information content (AvgIpc) is 2.16. The van der Waals surface area contributed by atoms with E-state index in [4.69, 9.17) is 10.5 Å². The number of fused-ring (bicyclic) bond motifs is 1. The van der Waals surface area contributed by atoms with Crippen LogP contribution < -0.4 is 10.5 Å². The molecule has 1 aromatic rings. The summed E-state index contributed by atoms with van der Waals surface area (Å²) >= 11 is 3.43. The Labute approximate surface area is 92.6 Å². The summed E-state index contributed by atoms with van der Waals surface area (Å²) in [5, 5.41) is 0. The molecule has 1 unspecified atom stereocenters. The Morgan fingerprint density at radius 1 is 1.57 bits per heavy atom. The van der Waals surface area contributed by atoms with Gasteiger partial charge in [-0.2, -0.15) is 0 Å². The lowest BCUT2D eigenvalue weighted by atomic mass is 9.92. The van der Waals surface area contributed by atoms with E-state index in [1.165, 1.54) is 5.56 Å². The standard InChI is InChI=1S/C11H14BrNO/c1-7(13)9-4-8-2-3-10(12)5-11(8)14-6-9/h2-3,5,7,9H,4,6,13H2,1H3/t7-,9?/m1/s1. The monoisotopic (exact) mass is 255 g/mol. The molecule has 0 saturated heterocycles. The number of ether oxygens (including phenoxy) is 1. The highest BCUT2D eigenvalue weighted by atomic mass is 79.9. The molecule has 0 aromatic heterocycles. The van der Waals surface area contributed by atoms with Gasteiger partial charge in [0.15, 0.2) is 0 Å². The zero-order chi connectivity index (χ0) is 10.1. The molecular formula is C11H14BrNO. The minimum Gasteiger partial charge on any atom is -0.493 e. The van der Waals surface area contributed by atoms with Gasteiger partial charge < -0.3 is 10.5 Å². The zero-order valence-corrected chi connectivity index (χ0v) is 9.75. The van der Waals surface area contributed by atoms with Crippen LogP contribution in [0.3, 0.4) is 0 Å². The number of halogens is 1. The molecule has 0 aliphatic carbocycles. The molecule has 0 spiro atoms. The number of hydrogen-bond acceptors (Lipinski definition) is 2. The molecule has 0 fully saturated rings. The second kappa shape index (κ2) is 3.91. The minimum absolute atomic E-state index is 0.201. The first-order valence-electron chi connectivity index (χ1n) is 4.83. The first-order chi connectivity index (χ1) is 6.66. The summed E-state index contributed by atoms with van der Waals surface area (Å²) in [6.07, 6.45) is 1.03. The molecule has 2 atom stereocenters. The van der Waals surface area contributed by atoms with Gasteiger partial charge in [0.2, 0.25) is 0 Å². The van der Waals surface area contributed by atoms with Crippen LogP contribution >= 0.6 is 15.9 Å². The molecule has 0 radical (unpaired) electrons. The van der Waals surface area contributed by atoms with E-state index in [1.807, 2.05) is 19.1 Å². The van der Waals surface area contributed by atoms with Gasteiger partial charge in [0.05, 0.1) is 6.61 Å². The second-order valence-corrected chi connectivity index (χ2v) is 4.80. The molecule has 2 nitrogen and oxygen atoms in total. The van der Waals surface area contributed by atoms with Gasteiger partial charge in [-0.25, -0.2) is 0 Å². The normalized spacial score (nSPS) is 22.4. The van der Waals surface area contributed by atoms with Gasteiger partial charge in [-0.15, -0.1) is 0 Å². The van der Waals surface area contributed by atoms with Gasteiger partial charge in [0.25, 0.3) is 0 Å². The summed E-state index contributed by atoms with van der Waals surface area (Å²) in [7, 11) is 0. The molecule has 0 saturated carbocycles. The van der Waals surface area contributed by atoms with E-state index in [2.05, 4.69) is 22.0 Å². The van der Waals surface area contributed by atoms with Crippen LogP contribution in [0.5, 0.6) is 5.75 Å². The van der Waals surface area contributed by atoms with Crippen molar-refractivity contribution >= 4 is 15.9 Å². The van der Waals surface area contributed by atoms with Crippen molar-refractivity contribution < 1.29 is 4.74 Å². The molecule has 1 heterocycles. The maximum absolute atomic E-state index is 5.86.